The molecule has 0 atom stereocenters. The number of halogens is 2. The molecule has 0 N–H and O–H groups in total. The number of nitriles is 1. The van der Waals surface area contributed by atoms with Crippen molar-refractivity contribution in [1.82, 2.24) is 4.57 Å². The third-order valence-electron chi connectivity index (χ3n) is 2.57. The van der Waals surface area contributed by atoms with Gasteiger partial charge in [-0.25, -0.2) is 13.8 Å². The molecule has 0 amide bonds. The second-order valence-electron chi connectivity index (χ2n) is 5.26. The van der Waals surface area contributed by atoms with E-state index in [1.165, 1.54) is 18.3 Å². The van der Waals surface area contributed by atoms with Gasteiger partial charge >= 0.3 is 6.09 Å². The highest BCUT2D eigenvalue weighted by Crippen LogP contribution is 2.30. The maximum absolute atomic E-state index is 13.7. The highest BCUT2D eigenvalue weighted by Gasteiger charge is 2.23. The summed E-state index contributed by atoms with van der Waals surface area (Å²) in [6.45, 7) is 5.20. The number of fused-ring (bicyclic) bond motifs is 1. The number of ether oxygens (including phenoxy) is 1. The van der Waals surface area contributed by atoms with Crippen LogP contribution in [0.15, 0.2) is 22.8 Å². The highest BCUT2D eigenvalue weighted by molar-refractivity contribution is 9.10. The summed E-state index contributed by atoms with van der Waals surface area (Å²) in [5, 5.41) is 9.67. The zero-order valence-corrected chi connectivity index (χ0v) is 12.8. The van der Waals surface area contributed by atoms with Gasteiger partial charge in [-0.15, -0.1) is 0 Å². The molecule has 0 spiro atoms. The summed E-state index contributed by atoms with van der Waals surface area (Å²) in [4.78, 5) is 12.2. The summed E-state index contributed by atoms with van der Waals surface area (Å²) in [6.07, 6.45) is 0.814. The Morgan fingerprint density at radius 3 is 2.65 bits per heavy atom. The van der Waals surface area contributed by atoms with Crippen LogP contribution >= 0.6 is 15.9 Å². The van der Waals surface area contributed by atoms with Crippen molar-refractivity contribution >= 4 is 32.9 Å². The molecule has 0 bridgehead atoms. The van der Waals surface area contributed by atoms with Gasteiger partial charge in [-0.3, -0.25) is 0 Å². The van der Waals surface area contributed by atoms with E-state index in [1.54, 1.807) is 26.8 Å². The van der Waals surface area contributed by atoms with E-state index in [2.05, 4.69) is 15.9 Å². The fraction of sp³-hybridized carbons (Fsp3) is 0.286. The maximum atomic E-state index is 13.7. The minimum atomic E-state index is -0.680. The van der Waals surface area contributed by atoms with E-state index >= 15 is 0 Å². The lowest BCUT2D eigenvalue weighted by Crippen LogP contribution is -2.26. The molecule has 0 saturated heterocycles. The maximum Gasteiger partial charge on any atom is 0.419 e. The van der Waals surface area contributed by atoms with Crippen LogP contribution in [-0.2, 0) is 4.74 Å². The molecule has 0 aliphatic heterocycles. The first-order chi connectivity index (χ1) is 9.24. The summed E-state index contributed by atoms with van der Waals surface area (Å²) >= 11 is 3.29. The zero-order valence-electron chi connectivity index (χ0n) is 11.2. The van der Waals surface area contributed by atoms with E-state index in [9.17, 15) is 9.18 Å². The van der Waals surface area contributed by atoms with E-state index in [0.29, 0.717) is 9.86 Å². The molecular weight excluding hydrogens is 327 g/mol. The van der Waals surface area contributed by atoms with Crippen LogP contribution in [0.3, 0.4) is 0 Å². The third-order valence-corrected chi connectivity index (χ3v) is 3.20. The summed E-state index contributed by atoms with van der Waals surface area (Å²) in [5.74, 6) is -0.671. The Morgan fingerprint density at radius 1 is 1.45 bits per heavy atom. The number of carbonyl (C=O) groups excluding carboxylic acids is 1. The average molecular weight is 339 g/mol. The Balaban J connectivity index is 2.69. The van der Waals surface area contributed by atoms with Crippen LogP contribution in [-0.4, -0.2) is 16.3 Å². The number of aromatic nitrogens is 1. The SMILES string of the molecule is CC(C)(C)OC(=O)n1cc(Br)c2ccc(F)c(C#N)c21. The van der Waals surface area contributed by atoms with Crippen molar-refractivity contribution in [2.75, 3.05) is 0 Å². The molecular formula is C14H12BrFN2O2. The lowest BCUT2D eigenvalue weighted by molar-refractivity contribution is 0.0544. The standard InChI is InChI=1S/C14H12BrFN2O2/c1-14(2,3)20-13(19)18-7-10(15)8-4-5-11(16)9(6-17)12(8)18/h4-5,7H,1-3H3. The number of rotatable bonds is 0. The smallest absolute Gasteiger partial charge is 0.419 e. The van der Waals surface area contributed by atoms with Gasteiger partial charge in [0.25, 0.3) is 0 Å². The first-order valence-electron chi connectivity index (χ1n) is 5.87. The van der Waals surface area contributed by atoms with Crippen LogP contribution in [0.1, 0.15) is 26.3 Å². The molecule has 104 valence electrons. The van der Waals surface area contributed by atoms with Crippen molar-refractivity contribution in [2.45, 2.75) is 26.4 Å². The number of nitrogens with zero attached hydrogens (tertiary/aromatic N) is 2. The van der Waals surface area contributed by atoms with Crippen LogP contribution in [0.4, 0.5) is 9.18 Å². The van der Waals surface area contributed by atoms with Crippen LogP contribution < -0.4 is 0 Å². The largest absolute Gasteiger partial charge is 0.443 e. The summed E-state index contributed by atoms with van der Waals surface area (Å²) in [5.41, 5.74) is -0.659. The average Bonchev–Trinajstić information content (AvgIpc) is 2.65. The molecule has 0 radical (unpaired) electrons. The van der Waals surface area contributed by atoms with Gasteiger partial charge in [-0.1, -0.05) is 0 Å². The molecule has 20 heavy (non-hydrogen) atoms. The molecule has 2 rings (SSSR count). The molecule has 1 aromatic heterocycles. The van der Waals surface area contributed by atoms with E-state index in [4.69, 9.17) is 10.00 Å². The topological polar surface area (TPSA) is 55.0 Å². The van der Waals surface area contributed by atoms with Crippen molar-refractivity contribution in [3.63, 3.8) is 0 Å². The molecule has 6 heteroatoms. The first kappa shape index (κ1) is 14.5. The van der Waals surface area contributed by atoms with E-state index in [0.717, 1.165) is 4.57 Å². The van der Waals surface area contributed by atoms with Crippen LogP contribution in [0.2, 0.25) is 0 Å². The van der Waals surface area contributed by atoms with Gasteiger partial charge in [0, 0.05) is 16.1 Å². The molecule has 0 aliphatic carbocycles. The molecule has 0 aliphatic rings. The lowest BCUT2D eigenvalue weighted by atomic mass is 10.1. The van der Waals surface area contributed by atoms with Crippen molar-refractivity contribution < 1.29 is 13.9 Å². The van der Waals surface area contributed by atoms with Crippen molar-refractivity contribution in [1.29, 1.82) is 5.26 Å². The van der Waals surface area contributed by atoms with Gasteiger partial charge in [0.1, 0.15) is 23.1 Å². The lowest BCUT2D eigenvalue weighted by Gasteiger charge is -2.19. The van der Waals surface area contributed by atoms with Crippen molar-refractivity contribution in [2.24, 2.45) is 0 Å². The van der Waals surface area contributed by atoms with Gasteiger partial charge in [0.2, 0.25) is 0 Å². The second-order valence-corrected chi connectivity index (χ2v) is 6.11. The Hall–Kier alpha value is -1.87. The molecule has 0 saturated carbocycles. The zero-order chi connectivity index (χ0) is 15.1. The first-order valence-corrected chi connectivity index (χ1v) is 6.66. The quantitative estimate of drug-likeness (QED) is 0.723. The minimum Gasteiger partial charge on any atom is -0.443 e. The number of hydrogen-bond donors (Lipinski definition) is 0. The van der Waals surface area contributed by atoms with Crippen LogP contribution in [0.25, 0.3) is 10.9 Å². The predicted molar refractivity (Wildman–Crippen MR) is 75.9 cm³/mol. The Morgan fingerprint density at radius 2 is 2.10 bits per heavy atom. The monoisotopic (exact) mass is 338 g/mol. The number of benzene rings is 1. The summed E-state index contributed by atoms with van der Waals surface area (Å²) < 4.78 is 20.7. The highest BCUT2D eigenvalue weighted by atomic mass is 79.9. The normalized spacial score (nSPS) is 11.4. The molecule has 1 heterocycles. The van der Waals surface area contributed by atoms with E-state index in [-0.39, 0.29) is 11.1 Å². The molecule has 2 aromatic rings. The Labute approximate surface area is 123 Å². The number of carbonyl (C=O) groups is 1. The molecule has 0 unspecified atom stereocenters. The minimum absolute atomic E-state index is 0.181. The molecule has 0 fully saturated rings. The van der Waals surface area contributed by atoms with Crippen molar-refractivity contribution in [3.05, 3.63) is 34.2 Å². The Kier molecular flexibility index (Phi) is 3.57. The Bertz CT molecular complexity index is 738. The van der Waals surface area contributed by atoms with Gasteiger partial charge in [0.05, 0.1) is 5.52 Å². The van der Waals surface area contributed by atoms with Gasteiger partial charge < -0.3 is 4.74 Å². The van der Waals surface area contributed by atoms with E-state index in [1.807, 2.05) is 0 Å². The number of hydrogen-bond acceptors (Lipinski definition) is 3. The fourth-order valence-electron chi connectivity index (χ4n) is 1.82. The van der Waals surface area contributed by atoms with E-state index < -0.39 is 17.5 Å². The third kappa shape index (κ3) is 2.54. The van der Waals surface area contributed by atoms with Gasteiger partial charge in [0.15, 0.2) is 0 Å². The summed E-state index contributed by atoms with van der Waals surface area (Å²) in [6, 6.07) is 4.50. The van der Waals surface area contributed by atoms with Gasteiger partial charge in [-0.05, 0) is 48.8 Å². The van der Waals surface area contributed by atoms with Crippen LogP contribution in [0.5, 0.6) is 0 Å². The second kappa shape index (κ2) is 4.91. The fourth-order valence-corrected chi connectivity index (χ4v) is 2.34. The van der Waals surface area contributed by atoms with Gasteiger partial charge in [-0.2, -0.15) is 5.26 Å². The van der Waals surface area contributed by atoms with Crippen molar-refractivity contribution in [3.8, 4) is 6.07 Å². The van der Waals surface area contributed by atoms with Crippen LogP contribution in [0, 0.1) is 17.1 Å². The molecule has 4 nitrogen and oxygen atoms in total. The predicted octanol–water partition coefficient (Wildman–Crippen LogP) is 4.20. The molecule has 1 aromatic carbocycles. The summed E-state index contributed by atoms with van der Waals surface area (Å²) in [7, 11) is 0.